The second kappa shape index (κ2) is 8.74. The molecule has 1 aromatic carbocycles. The molecular formula is C22H25N7O3. The van der Waals surface area contributed by atoms with Gasteiger partial charge in [0.1, 0.15) is 5.82 Å². The van der Waals surface area contributed by atoms with E-state index >= 15 is 0 Å². The molecule has 1 aliphatic rings. The number of benzene rings is 1. The number of carboxylic acid groups (broad SMARTS) is 1. The fourth-order valence-electron chi connectivity index (χ4n) is 3.30. The lowest BCUT2D eigenvalue weighted by atomic mass is 10.1. The fourth-order valence-corrected chi connectivity index (χ4v) is 3.30. The van der Waals surface area contributed by atoms with Crippen molar-refractivity contribution in [2.75, 3.05) is 4.90 Å². The van der Waals surface area contributed by atoms with Crippen molar-refractivity contribution in [3.8, 4) is 0 Å². The number of pyridine rings is 1. The van der Waals surface area contributed by atoms with E-state index in [1.165, 1.54) is 4.90 Å². The van der Waals surface area contributed by atoms with Gasteiger partial charge in [0.2, 0.25) is 5.82 Å². The number of tetrazole rings is 1. The Morgan fingerprint density at radius 3 is 2.59 bits per heavy atom. The summed E-state index contributed by atoms with van der Waals surface area (Å²) in [6.45, 7) is 5.50. The highest BCUT2D eigenvalue weighted by Crippen LogP contribution is 2.34. The Morgan fingerprint density at radius 2 is 1.94 bits per heavy atom. The summed E-state index contributed by atoms with van der Waals surface area (Å²) in [6.07, 6.45) is 0.997. The Labute approximate surface area is 185 Å². The summed E-state index contributed by atoms with van der Waals surface area (Å²) in [6, 6.07) is 15.0. The average Bonchev–Trinajstić information content (AvgIpc) is 3.48. The van der Waals surface area contributed by atoms with Gasteiger partial charge < -0.3 is 9.94 Å². The van der Waals surface area contributed by atoms with Crippen LogP contribution in [0.1, 0.15) is 56.7 Å². The van der Waals surface area contributed by atoms with Crippen molar-refractivity contribution < 1.29 is 14.7 Å². The van der Waals surface area contributed by atoms with E-state index in [0.717, 1.165) is 18.4 Å². The molecule has 3 aromatic rings. The molecule has 10 heteroatoms. The third kappa shape index (κ3) is 4.74. The van der Waals surface area contributed by atoms with Gasteiger partial charge in [0.05, 0.1) is 11.7 Å². The predicted molar refractivity (Wildman–Crippen MR) is 117 cm³/mol. The van der Waals surface area contributed by atoms with Crippen LogP contribution >= 0.6 is 0 Å². The van der Waals surface area contributed by atoms with Crippen molar-refractivity contribution in [2.24, 2.45) is 5.16 Å². The van der Waals surface area contributed by atoms with Gasteiger partial charge in [0.25, 0.3) is 0 Å². The summed E-state index contributed by atoms with van der Waals surface area (Å²) < 4.78 is 1.78. The van der Waals surface area contributed by atoms with Gasteiger partial charge in [0.15, 0.2) is 12.3 Å². The van der Waals surface area contributed by atoms with Crippen LogP contribution in [0.2, 0.25) is 0 Å². The number of rotatable bonds is 7. The van der Waals surface area contributed by atoms with Gasteiger partial charge in [-0.15, -0.1) is 5.10 Å². The van der Waals surface area contributed by atoms with Gasteiger partial charge in [-0.25, -0.2) is 14.5 Å². The van der Waals surface area contributed by atoms with Crippen molar-refractivity contribution in [2.45, 2.75) is 51.8 Å². The Hall–Kier alpha value is -3.82. The minimum atomic E-state index is -1.07. The lowest BCUT2D eigenvalue weighted by Gasteiger charge is -2.32. The zero-order valence-corrected chi connectivity index (χ0v) is 18.2. The predicted octanol–water partition coefficient (Wildman–Crippen LogP) is 3.66. The molecule has 4 rings (SSSR count). The quantitative estimate of drug-likeness (QED) is 0.444. The normalized spacial score (nSPS) is 14.3. The number of nitrogens with zero attached hydrogens (tertiary/aromatic N) is 7. The molecule has 0 unspecified atom stereocenters. The fraction of sp³-hybridized carbons (Fsp3) is 0.364. The molecule has 1 aliphatic carbocycles. The maximum atomic E-state index is 11.8. The molecule has 0 spiro atoms. The van der Waals surface area contributed by atoms with Crippen LogP contribution in [0.3, 0.4) is 0 Å². The Bertz CT molecular complexity index is 1120. The van der Waals surface area contributed by atoms with E-state index in [4.69, 9.17) is 4.84 Å². The highest BCUT2D eigenvalue weighted by molar-refractivity contribution is 6.10. The molecule has 1 N–H and O–H groups in total. The van der Waals surface area contributed by atoms with Gasteiger partial charge in [-0.05, 0) is 56.2 Å². The minimum Gasteiger partial charge on any atom is -0.465 e. The van der Waals surface area contributed by atoms with Crippen molar-refractivity contribution in [1.82, 2.24) is 25.2 Å². The Morgan fingerprint density at radius 1 is 1.19 bits per heavy atom. The van der Waals surface area contributed by atoms with E-state index in [0.29, 0.717) is 23.0 Å². The van der Waals surface area contributed by atoms with E-state index in [1.807, 2.05) is 51.1 Å². The van der Waals surface area contributed by atoms with E-state index in [1.54, 1.807) is 22.9 Å². The molecule has 2 heterocycles. The second-order valence-electron chi connectivity index (χ2n) is 8.53. The molecule has 0 bridgehead atoms. The van der Waals surface area contributed by atoms with Gasteiger partial charge in [-0.3, -0.25) is 4.90 Å². The Balaban J connectivity index is 1.58. The maximum Gasteiger partial charge on any atom is 0.413 e. The topological polar surface area (TPSA) is 119 Å². The molecule has 32 heavy (non-hydrogen) atoms. The Kier molecular flexibility index (Phi) is 5.85. The standard InChI is InChI=1S/C22H25N7O3/c1-22(2,3)28(21(30)31)18-11-7-10-16(23-18)14-32-25-19(15-8-5-4-6-9-15)20-24-26-27-29(20)17-12-13-17/h4-11,17H,12-14H2,1-3H3,(H,30,31). The van der Waals surface area contributed by atoms with Crippen LogP contribution in [0.4, 0.5) is 10.6 Å². The van der Waals surface area contributed by atoms with Crippen LogP contribution in [0.5, 0.6) is 0 Å². The van der Waals surface area contributed by atoms with Crippen molar-refractivity contribution in [3.05, 3.63) is 65.6 Å². The van der Waals surface area contributed by atoms with E-state index in [2.05, 4.69) is 25.7 Å². The largest absolute Gasteiger partial charge is 0.465 e. The zero-order chi connectivity index (χ0) is 22.7. The second-order valence-corrected chi connectivity index (χ2v) is 8.53. The number of amides is 1. The van der Waals surface area contributed by atoms with E-state index < -0.39 is 11.6 Å². The van der Waals surface area contributed by atoms with Gasteiger partial charge >= 0.3 is 6.09 Å². The van der Waals surface area contributed by atoms with E-state index in [-0.39, 0.29) is 12.6 Å². The summed E-state index contributed by atoms with van der Waals surface area (Å²) in [7, 11) is 0. The number of aromatic nitrogens is 5. The number of hydrogen-bond donors (Lipinski definition) is 1. The first-order chi connectivity index (χ1) is 15.3. The molecule has 1 fully saturated rings. The van der Waals surface area contributed by atoms with Crippen LogP contribution in [0.15, 0.2) is 53.7 Å². The molecule has 0 saturated heterocycles. The van der Waals surface area contributed by atoms with Gasteiger partial charge in [-0.2, -0.15) is 0 Å². The average molecular weight is 435 g/mol. The first-order valence-corrected chi connectivity index (χ1v) is 10.4. The van der Waals surface area contributed by atoms with Crippen LogP contribution < -0.4 is 4.90 Å². The van der Waals surface area contributed by atoms with Gasteiger partial charge in [-0.1, -0.05) is 41.6 Å². The first-order valence-electron chi connectivity index (χ1n) is 10.4. The molecular weight excluding hydrogens is 410 g/mol. The highest BCUT2D eigenvalue weighted by Gasteiger charge is 2.30. The van der Waals surface area contributed by atoms with Crippen molar-refractivity contribution in [1.29, 1.82) is 0 Å². The molecule has 0 aliphatic heterocycles. The molecule has 1 saturated carbocycles. The summed E-state index contributed by atoms with van der Waals surface area (Å²) >= 11 is 0. The van der Waals surface area contributed by atoms with Crippen LogP contribution in [-0.2, 0) is 11.4 Å². The van der Waals surface area contributed by atoms with Crippen LogP contribution in [-0.4, -0.2) is 47.6 Å². The smallest absolute Gasteiger partial charge is 0.413 e. The molecule has 1 amide bonds. The van der Waals surface area contributed by atoms with E-state index in [9.17, 15) is 9.90 Å². The minimum absolute atomic E-state index is 0.0623. The lowest BCUT2D eigenvalue weighted by molar-refractivity contribution is 0.128. The summed E-state index contributed by atoms with van der Waals surface area (Å²) in [5, 5.41) is 26.1. The molecule has 2 aromatic heterocycles. The van der Waals surface area contributed by atoms with Crippen LogP contribution in [0, 0.1) is 0 Å². The molecule has 0 radical (unpaired) electrons. The summed E-state index contributed by atoms with van der Waals surface area (Å²) in [5.41, 5.74) is 1.27. The number of hydrogen-bond acceptors (Lipinski definition) is 7. The highest BCUT2D eigenvalue weighted by atomic mass is 16.6. The van der Waals surface area contributed by atoms with Crippen molar-refractivity contribution >= 4 is 17.6 Å². The zero-order valence-electron chi connectivity index (χ0n) is 18.2. The maximum absolute atomic E-state index is 11.8. The summed E-state index contributed by atoms with van der Waals surface area (Å²) in [4.78, 5) is 23.1. The lowest BCUT2D eigenvalue weighted by Crippen LogP contribution is -2.45. The number of anilines is 1. The van der Waals surface area contributed by atoms with Crippen molar-refractivity contribution in [3.63, 3.8) is 0 Å². The van der Waals surface area contributed by atoms with Crippen LogP contribution in [0.25, 0.3) is 0 Å². The first kappa shape index (κ1) is 21.4. The monoisotopic (exact) mass is 435 g/mol. The molecule has 166 valence electrons. The number of oxime groups is 1. The molecule has 10 nitrogen and oxygen atoms in total. The molecule has 0 atom stereocenters. The summed E-state index contributed by atoms with van der Waals surface area (Å²) in [5.74, 6) is 0.876. The number of carbonyl (C=O) groups is 1. The van der Waals surface area contributed by atoms with Gasteiger partial charge in [0, 0.05) is 11.1 Å². The third-order valence-corrected chi connectivity index (χ3v) is 4.90. The third-order valence-electron chi connectivity index (χ3n) is 4.90. The SMILES string of the molecule is CC(C)(C)N(C(=O)O)c1cccc(CON=C(c2ccccc2)c2nnnn2C2CC2)n1.